The molecule has 0 amide bonds. The molecule has 0 radical (unpaired) electrons. The van der Waals surface area contributed by atoms with Crippen molar-refractivity contribution in [1.82, 2.24) is 5.32 Å². The van der Waals surface area contributed by atoms with E-state index in [-0.39, 0.29) is 12.4 Å². The van der Waals surface area contributed by atoms with Crippen molar-refractivity contribution in [3.8, 4) is 11.5 Å². The Bertz CT molecular complexity index is 612. The van der Waals surface area contributed by atoms with Gasteiger partial charge in [-0.15, -0.1) is 12.4 Å². The molecule has 24 heavy (non-hydrogen) atoms. The highest BCUT2D eigenvalue weighted by atomic mass is 35.5. The van der Waals surface area contributed by atoms with Gasteiger partial charge in [0.15, 0.2) is 11.5 Å². The van der Waals surface area contributed by atoms with Crippen molar-refractivity contribution in [2.45, 2.75) is 33.9 Å². The van der Waals surface area contributed by atoms with Crippen LogP contribution in [0.4, 0.5) is 0 Å². The molecule has 0 aromatic heterocycles. The second kappa shape index (κ2) is 10.2. The van der Waals surface area contributed by atoms with Gasteiger partial charge in [-0.25, -0.2) is 0 Å². The molecule has 0 saturated heterocycles. The third-order valence-electron chi connectivity index (χ3n) is 3.62. The summed E-state index contributed by atoms with van der Waals surface area (Å²) in [7, 11) is 1.68. The van der Waals surface area contributed by atoms with Crippen molar-refractivity contribution < 1.29 is 9.47 Å². The van der Waals surface area contributed by atoms with Crippen LogP contribution in [0, 0.1) is 12.8 Å². The topological polar surface area (TPSA) is 30.5 Å². The second-order valence-electron chi connectivity index (χ2n) is 6.28. The van der Waals surface area contributed by atoms with Crippen molar-refractivity contribution in [3.05, 3.63) is 59.2 Å². The summed E-state index contributed by atoms with van der Waals surface area (Å²) in [6, 6.07) is 14.5. The Morgan fingerprint density at radius 1 is 0.958 bits per heavy atom. The van der Waals surface area contributed by atoms with Gasteiger partial charge in [0.1, 0.15) is 6.61 Å². The lowest BCUT2D eigenvalue weighted by Crippen LogP contribution is -2.18. The van der Waals surface area contributed by atoms with Gasteiger partial charge in [-0.1, -0.05) is 49.7 Å². The lowest BCUT2D eigenvalue weighted by atomic mass is 10.1. The molecule has 0 aliphatic heterocycles. The van der Waals surface area contributed by atoms with E-state index >= 15 is 0 Å². The molecule has 0 unspecified atom stereocenters. The van der Waals surface area contributed by atoms with E-state index in [4.69, 9.17) is 9.47 Å². The zero-order chi connectivity index (χ0) is 16.7. The molecule has 0 saturated carbocycles. The first-order chi connectivity index (χ1) is 11.1. The number of methoxy groups -OCH3 is 1. The van der Waals surface area contributed by atoms with Crippen LogP contribution < -0.4 is 14.8 Å². The third kappa shape index (κ3) is 6.42. The molecule has 4 heteroatoms. The Morgan fingerprint density at radius 3 is 2.25 bits per heavy atom. The maximum Gasteiger partial charge on any atom is 0.161 e. The van der Waals surface area contributed by atoms with E-state index in [9.17, 15) is 0 Å². The molecular weight excluding hydrogens is 322 g/mol. The van der Waals surface area contributed by atoms with Crippen LogP contribution in [-0.4, -0.2) is 13.7 Å². The molecule has 0 heterocycles. The monoisotopic (exact) mass is 349 g/mol. The smallest absolute Gasteiger partial charge is 0.161 e. The first-order valence-electron chi connectivity index (χ1n) is 8.14. The van der Waals surface area contributed by atoms with E-state index in [1.807, 2.05) is 12.1 Å². The fourth-order valence-electron chi connectivity index (χ4n) is 2.29. The van der Waals surface area contributed by atoms with Gasteiger partial charge in [-0.3, -0.25) is 0 Å². The van der Waals surface area contributed by atoms with Crippen molar-refractivity contribution in [3.63, 3.8) is 0 Å². The Kier molecular flexibility index (Phi) is 8.66. The van der Waals surface area contributed by atoms with Crippen LogP contribution in [0.3, 0.4) is 0 Å². The summed E-state index contributed by atoms with van der Waals surface area (Å²) in [5, 5.41) is 3.44. The summed E-state index contributed by atoms with van der Waals surface area (Å²) in [5.41, 5.74) is 3.61. The molecule has 0 atom stereocenters. The molecular formula is C20H28ClNO2. The Labute approximate surface area is 151 Å². The molecule has 3 nitrogen and oxygen atoms in total. The van der Waals surface area contributed by atoms with E-state index in [1.54, 1.807) is 7.11 Å². The largest absolute Gasteiger partial charge is 0.493 e. The van der Waals surface area contributed by atoms with Crippen LogP contribution in [-0.2, 0) is 13.2 Å². The van der Waals surface area contributed by atoms with Crippen molar-refractivity contribution in [1.29, 1.82) is 0 Å². The number of hydrogen-bond donors (Lipinski definition) is 1. The summed E-state index contributed by atoms with van der Waals surface area (Å²) < 4.78 is 11.4. The molecule has 1 N–H and O–H groups in total. The van der Waals surface area contributed by atoms with Gasteiger partial charge in [0.05, 0.1) is 7.11 Å². The summed E-state index contributed by atoms with van der Waals surface area (Å²) >= 11 is 0. The number of rotatable bonds is 8. The highest BCUT2D eigenvalue weighted by Gasteiger charge is 2.06. The second-order valence-corrected chi connectivity index (χ2v) is 6.28. The highest BCUT2D eigenvalue weighted by Crippen LogP contribution is 2.28. The van der Waals surface area contributed by atoms with Crippen LogP contribution in [0.1, 0.15) is 30.5 Å². The number of halogens is 1. The standard InChI is InChI=1S/C20H27NO2.ClH/c1-15(2)12-21-13-18-9-10-19(20(11-18)22-4)23-14-17-7-5-16(3)6-8-17;/h5-11,15,21H,12-14H2,1-4H3;1H. The van der Waals surface area contributed by atoms with Gasteiger partial charge in [-0.05, 0) is 42.6 Å². The number of nitrogens with one attached hydrogen (secondary N) is 1. The molecule has 0 spiro atoms. The third-order valence-corrected chi connectivity index (χ3v) is 3.62. The lowest BCUT2D eigenvalue weighted by molar-refractivity contribution is 0.284. The van der Waals surface area contributed by atoms with Gasteiger partial charge in [0.25, 0.3) is 0 Å². The molecule has 2 aromatic carbocycles. The van der Waals surface area contributed by atoms with E-state index in [2.05, 4.69) is 56.4 Å². The quantitative estimate of drug-likeness (QED) is 0.746. The van der Waals surface area contributed by atoms with E-state index < -0.39 is 0 Å². The normalized spacial score (nSPS) is 10.4. The molecule has 0 aliphatic carbocycles. The number of ether oxygens (including phenoxy) is 2. The molecule has 0 fully saturated rings. The van der Waals surface area contributed by atoms with Crippen molar-refractivity contribution in [2.24, 2.45) is 5.92 Å². The minimum atomic E-state index is 0. The number of hydrogen-bond acceptors (Lipinski definition) is 3. The van der Waals surface area contributed by atoms with Crippen molar-refractivity contribution in [2.75, 3.05) is 13.7 Å². The highest BCUT2D eigenvalue weighted by molar-refractivity contribution is 5.85. The average Bonchev–Trinajstić information content (AvgIpc) is 2.54. The molecule has 0 bridgehead atoms. The van der Waals surface area contributed by atoms with Crippen LogP contribution in [0.5, 0.6) is 11.5 Å². The Balaban J connectivity index is 0.00000288. The lowest BCUT2D eigenvalue weighted by Gasteiger charge is -2.13. The Hall–Kier alpha value is -1.71. The zero-order valence-electron chi connectivity index (χ0n) is 15.0. The maximum absolute atomic E-state index is 5.91. The first-order valence-corrected chi connectivity index (χ1v) is 8.14. The minimum absolute atomic E-state index is 0. The SMILES string of the molecule is COc1cc(CNCC(C)C)ccc1OCc1ccc(C)cc1.Cl. The van der Waals surface area contributed by atoms with Crippen LogP contribution >= 0.6 is 12.4 Å². The van der Waals surface area contributed by atoms with Gasteiger partial charge in [0, 0.05) is 6.54 Å². The van der Waals surface area contributed by atoms with Gasteiger partial charge in [0.2, 0.25) is 0 Å². The Morgan fingerprint density at radius 2 is 1.62 bits per heavy atom. The average molecular weight is 350 g/mol. The summed E-state index contributed by atoms with van der Waals surface area (Å²) in [6.45, 7) is 8.88. The van der Waals surface area contributed by atoms with Crippen molar-refractivity contribution >= 4 is 12.4 Å². The molecule has 2 aromatic rings. The minimum Gasteiger partial charge on any atom is -0.493 e. The van der Waals surface area contributed by atoms with E-state index in [0.717, 1.165) is 30.2 Å². The van der Waals surface area contributed by atoms with Gasteiger partial charge >= 0.3 is 0 Å². The fraction of sp³-hybridized carbons (Fsp3) is 0.400. The first kappa shape index (κ1) is 20.3. The summed E-state index contributed by atoms with van der Waals surface area (Å²) in [4.78, 5) is 0. The maximum atomic E-state index is 5.91. The van der Waals surface area contributed by atoms with Gasteiger partial charge in [-0.2, -0.15) is 0 Å². The molecule has 2 rings (SSSR count). The van der Waals surface area contributed by atoms with Crippen LogP contribution in [0.15, 0.2) is 42.5 Å². The zero-order valence-corrected chi connectivity index (χ0v) is 15.8. The van der Waals surface area contributed by atoms with Crippen LogP contribution in [0.25, 0.3) is 0 Å². The molecule has 0 aliphatic rings. The van der Waals surface area contributed by atoms with E-state index in [1.165, 1.54) is 11.1 Å². The van der Waals surface area contributed by atoms with Crippen LogP contribution in [0.2, 0.25) is 0 Å². The number of aryl methyl sites for hydroxylation is 1. The van der Waals surface area contributed by atoms with E-state index in [0.29, 0.717) is 12.5 Å². The summed E-state index contributed by atoms with van der Waals surface area (Å²) in [5.74, 6) is 2.20. The predicted molar refractivity (Wildman–Crippen MR) is 102 cm³/mol. The fourth-order valence-corrected chi connectivity index (χ4v) is 2.29. The number of benzene rings is 2. The summed E-state index contributed by atoms with van der Waals surface area (Å²) in [6.07, 6.45) is 0. The predicted octanol–water partition coefficient (Wildman–Crippen LogP) is 4.75. The molecule has 132 valence electrons. The van der Waals surface area contributed by atoms with Gasteiger partial charge < -0.3 is 14.8 Å².